The Morgan fingerprint density at radius 2 is 1.95 bits per heavy atom. The number of nitrogens with one attached hydrogen (secondary N) is 1. The number of anilines is 1. The van der Waals surface area contributed by atoms with Crippen molar-refractivity contribution >= 4 is 5.69 Å². The molecule has 0 aliphatic carbocycles. The molecule has 1 aromatic rings. The molecule has 0 fully saturated rings. The van der Waals surface area contributed by atoms with Gasteiger partial charge in [-0.25, -0.2) is 0 Å². The molecular formula is C15H28N4. The molecule has 1 heterocycles. The van der Waals surface area contributed by atoms with Gasteiger partial charge >= 0.3 is 0 Å². The Balaban J connectivity index is 2.55. The predicted octanol–water partition coefficient (Wildman–Crippen LogP) is 2.14. The molecule has 1 rings (SSSR count). The number of aromatic nitrogens is 1. The lowest BCUT2D eigenvalue weighted by Gasteiger charge is -2.22. The molecule has 0 bridgehead atoms. The largest absolute Gasteiger partial charge is 0.372 e. The van der Waals surface area contributed by atoms with Gasteiger partial charge in [0, 0.05) is 26.2 Å². The van der Waals surface area contributed by atoms with E-state index in [0.29, 0.717) is 6.04 Å². The Bertz CT molecular complexity index is 348. The van der Waals surface area contributed by atoms with Crippen LogP contribution in [0.4, 0.5) is 5.69 Å². The molecule has 4 heteroatoms. The highest BCUT2D eigenvalue weighted by atomic mass is 15.2. The third-order valence-electron chi connectivity index (χ3n) is 3.24. The van der Waals surface area contributed by atoms with E-state index in [2.05, 4.69) is 67.2 Å². The van der Waals surface area contributed by atoms with Gasteiger partial charge in [0.2, 0.25) is 0 Å². The summed E-state index contributed by atoms with van der Waals surface area (Å²) in [6.45, 7) is 7.43. The maximum atomic E-state index is 4.56. The van der Waals surface area contributed by atoms with Crippen LogP contribution >= 0.6 is 0 Å². The van der Waals surface area contributed by atoms with Gasteiger partial charge in [0.1, 0.15) is 0 Å². The van der Waals surface area contributed by atoms with Crippen LogP contribution in [0.15, 0.2) is 18.3 Å². The monoisotopic (exact) mass is 264 g/mol. The molecule has 1 unspecified atom stereocenters. The van der Waals surface area contributed by atoms with Gasteiger partial charge in [0.05, 0.1) is 17.6 Å². The molecular weight excluding hydrogens is 236 g/mol. The molecule has 1 atom stereocenters. The van der Waals surface area contributed by atoms with Crippen molar-refractivity contribution in [2.24, 2.45) is 0 Å². The van der Waals surface area contributed by atoms with Gasteiger partial charge in [-0.15, -0.1) is 0 Å². The van der Waals surface area contributed by atoms with E-state index in [1.807, 2.05) is 6.20 Å². The predicted molar refractivity (Wildman–Crippen MR) is 82.8 cm³/mol. The Morgan fingerprint density at radius 3 is 2.47 bits per heavy atom. The molecule has 0 aliphatic heterocycles. The van der Waals surface area contributed by atoms with Crippen LogP contribution in [0.2, 0.25) is 0 Å². The second-order valence-electron chi connectivity index (χ2n) is 5.34. The summed E-state index contributed by atoms with van der Waals surface area (Å²) in [5.41, 5.74) is 2.28. The van der Waals surface area contributed by atoms with Crippen molar-refractivity contribution in [1.82, 2.24) is 15.2 Å². The molecule has 19 heavy (non-hydrogen) atoms. The zero-order chi connectivity index (χ0) is 14.3. The highest BCUT2D eigenvalue weighted by molar-refractivity contribution is 5.43. The average molecular weight is 264 g/mol. The zero-order valence-electron chi connectivity index (χ0n) is 13.0. The third-order valence-corrected chi connectivity index (χ3v) is 3.24. The van der Waals surface area contributed by atoms with Crippen LogP contribution in [0.25, 0.3) is 0 Å². The summed E-state index contributed by atoms with van der Waals surface area (Å²) in [5.74, 6) is 0. The second kappa shape index (κ2) is 8.12. The molecule has 0 spiro atoms. The minimum atomic E-state index is 0.320. The van der Waals surface area contributed by atoms with Crippen molar-refractivity contribution in [3.05, 3.63) is 24.0 Å². The normalized spacial score (nSPS) is 12.7. The standard InChI is InChI=1S/C15H28N4/c1-6-9-16-13(2)15-8-7-14(12-17-15)19(5)11-10-18(3)4/h7-8,12-13,16H,6,9-11H2,1-5H3. The fourth-order valence-corrected chi connectivity index (χ4v) is 1.82. The Kier molecular flexibility index (Phi) is 6.81. The lowest BCUT2D eigenvalue weighted by Crippen LogP contribution is -2.28. The van der Waals surface area contributed by atoms with Crippen LogP contribution in [0.1, 0.15) is 32.0 Å². The maximum absolute atomic E-state index is 4.56. The number of likely N-dealkylation sites (N-methyl/N-ethyl adjacent to an activating group) is 2. The molecule has 0 amide bonds. The molecule has 1 aromatic heterocycles. The van der Waals surface area contributed by atoms with Gasteiger partial charge in [0.25, 0.3) is 0 Å². The molecule has 0 aromatic carbocycles. The van der Waals surface area contributed by atoms with Crippen molar-refractivity contribution in [3.63, 3.8) is 0 Å². The molecule has 0 aliphatic rings. The minimum absolute atomic E-state index is 0.320. The van der Waals surface area contributed by atoms with Gasteiger partial charge in [-0.1, -0.05) is 6.92 Å². The Labute approximate surface area is 117 Å². The van der Waals surface area contributed by atoms with Crippen LogP contribution in [0, 0.1) is 0 Å². The van der Waals surface area contributed by atoms with E-state index >= 15 is 0 Å². The first-order valence-electron chi connectivity index (χ1n) is 7.09. The fraction of sp³-hybridized carbons (Fsp3) is 0.667. The zero-order valence-corrected chi connectivity index (χ0v) is 13.0. The lowest BCUT2D eigenvalue weighted by molar-refractivity contribution is 0.416. The van der Waals surface area contributed by atoms with Gasteiger partial charge in [-0.3, -0.25) is 4.98 Å². The van der Waals surface area contributed by atoms with E-state index in [-0.39, 0.29) is 0 Å². The van der Waals surface area contributed by atoms with E-state index in [1.54, 1.807) is 0 Å². The number of hydrogen-bond acceptors (Lipinski definition) is 4. The van der Waals surface area contributed by atoms with Crippen LogP contribution in [0.3, 0.4) is 0 Å². The first-order chi connectivity index (χ1) is 9.04. The first kappa shape index (κ1) is 15.9. The van der Waals surface area contributed by atoms with E-state index < -0.39 is 0 Å². The van der Waals surface area contributed by atoms with Crippen molar-refractivity contribution in [3.8, 4) is 0 Å². The van der Waals surface area contributed by atoms with Crippen LogP contribution in [0.5, 0.6) is 0 Å². The lowest BCUT2D eigenvalue weighted by atomic mass is 10.2. The summed E-state index contributed by atoms with van der Waals surface area (Å²) in [4.78, 5) is 8.99. The SMILES string of the molecule is CCCNC(C)c1ccc(N(C)CCN(C)C)cn1. The first-order valence-corrected chi connectivity index (χ1v) is 7.09. The van der Waals surface area contributed by atoms with Crippen molar-refractivity contribution in [1.29, 1.82) is 0 Å². The fourth-order valence-electron chi connectivity index (χ4n) is 1.82. The van der Waals surface area contributed by atoms with Crippen molar-refractivity contribution in [2.45, 2.75) is 26.3 Å². The summed E-state index contributed by atoms with van der Waals surface area (Å²) in [6.07, 6.45) is 3.12. The van der Waals surface area contributed by atoms with Crippen molar-refractivity contribution in [2.75, 3.05) is 45.7 Å². The van der Waals surface area contributed by atoms with E-state index in [4.69, 9.17) is 0 Å². The topological polar surface area (TPSA) is 31.4 Å². The van der Waals surface area contributed by atoms with Gasteiger partial charge in [-0.2, -0.15) is 0 Å². The third kappa shape index (κ3) is 5.57. The second-order valence-corrected chi connectivity index (χ2v) is 5.34. The number of nitrogens with zero attached hydrogens (tertiary/aromatic N) is 3. The summed E-state index contributed by atoms with van der Waals surface area (Å²) in [6, 6.07) is 4.60. The van der Waals surface area contributed by atoms with Gasteiger partial charge in [0.15, 0.2) is 0 Å². The molecule has 0 saturated carbocycles. The van der Waals surface area contributed by atoms with Gasteiger partial charge < -0.3 is 15.1 Å². The quantitative estimate of drug-likeness (QED) is 0.779. The maximum Gasteiger partial charge on any atom is 0.0572 e. The summed E-state index contributed by atoms with van der Waals surface area (Å²) < 4.78 is 0. The van der Waals surface area contributed by atoms with E-state index in [1.165, 1.54) is 5.69 Å². The molecule has 0 saturated heterocycles. The van der Waals surface area contributed by atoms with Gasteiger partial charge in [-0.05, 0) is 46.1 Å². The Hall–Kier alpha value is -1.13. The number of rotatable bonds is 8. The molecule has 108 valence electrons. The number of pyridine rings is 1. The number of hydrogen-bond donors (Lipinski definition) is 1. The highest BCUT2D eigenvalue weighted by Crippen LogP contribution is 2.15. The van der Waals surface area contributed by atoms with Crippen LogP contribution < -0.4 is 10.2 Å². The van der Waals surface area contributed by atoms with E-state index in [9.17, 15) is 0 Å². The smallest absolute Gasteiger partial charge is 0.0572 e. The molecule has 4 nitrogen and oxygen atoms in total. The summed E-state index contributed by atoms with van der Waals surface area (Å²) >= 11 is 0. The summed E-state index contributed by atoms with van der Waals surface area (Å²) in [5, 5.41) is 3.45. The van der Waals surface area contributed by atoms with E-state index in [0.717, 1.165) is 31.7 Å². The highest BCUT2D eigenvalue weighted by Gasteiger charge is 2.07. The summed E-state index contributed by atoms with van der Waals surface area (Å²) in [7, 11) is 6.30. The molecule has 0 radical (unpaired) electrons. The van der Waals surface area contributed by atoms with Crippen LogP contribution in [-0.4, -0.2) is 50.7 Å². The van der Waals surface area contributed by atoms with Crippen molar-refractivity contribution < 1.29 is 0 Å². The Morgan fingerprint density at radius 1 is 1.21 bits per heavy atom. The van der Waals surface area contributed by atoms with Crippen LogP contribution in [-0.2, 0) is 0 Å². The average Bonchev–Trinajstić information content (AvgIpc) is 2.42. The minimum Gasteiger partial charge on any atom is -0.372 e. The molecule has 1 N–H and O–H groups in total.